The highest BCUT2D eigenvalue weighted by molar-refractivity contribution is 6.14. The number of benzene rings is 2. The first kappa shape index (κ1) is 16.7. The summed E-state index contributed by atoms with van der Waals surface area (Å²) in [7, 11) is 4.60. The largest absolute Gasteiger partial charge is 0.508 e. The second kappa shape index (κ2) is 6.76. The number of aromatic hydroxyl groups is 1. The van der Waals surface area contributed by atoms with Crippen LogP contribution in [0.25, 0.3) is 6.08 Å². The highest BCUT2D eigenvalue weighted by Crippen LogP contribution is 2.39. The Hall–Kier alpha value is -3.15. The fourth-order valence-electron chi connectivity index (χ4n) is 2.71. The van der Waals surface area contributed by atoms with Crippen molar-refractivity contribution in [2.45, 2.75) is 0 Å². The molecule has 0 saturated carbocycles. The number of rotatable bonds is 4. The third-order valence-corrected chi connectivity index (χ3v) is 3.91. The van der Waals surface area contributed by atoms with E-state index in [9.17, 15) is 9.90 Å². The van der Waals surface area contributed by atoms with Gasteiger partial charge in [-0.3, -0.25) is 4.79 Å². The number of methoxy groups -OCH3 is 3. The van der Waals surface area contributed by atoms with Gasteiger partial charge in [0.1, 0.15) is 18.1 Å². The highest BCUT2D eigenvalue weighted by atomic mass is 16.5. The van der Waals surface area contributed by atoms with Crippen molar-refractivity contribution in [2.24, 2.45) is 0 Å². The first-order valence-electron chi connectivity index (χ1n) is 7.58. The van der Waals surface area contributed by atoms with Crippen molar-refractivity contribution < 1.29 is 28.8 Å². The van der Waals surface area contributed by atoms with Gasteiger partial charge in [0.05, 0.1) is 26.9 Å². The zero-order chi connectivity index (χ0) is 18.0. The molecule has 0 radical (unpaired) electrons. The summed E-state index contributed by atoms with van der Waals surface area (Å²) in [5.41, 5.74) is 1.64. The standard InChI is InChI=1S/C19H18O6/c1-22-16-7-11(8-17(23-2)19(16)24-3)6-12-10-25-15-9-13(20)4-5-14(15)18(12)21/h4-9,20H,10H2,1-3H3. The topological polar surface area (TPSA) is 74.2 Å². The van der Waals surface area contributed by atoms with E-state index in [1.807, 2.05) is 0 Å². The molecule has 0 fully saturated rings. The van der Waals surface area contributed by atoms with Crippen molar-refractivity contribution in [1.29, 1.82) is 0 Å². The molecule has 1 aliphatic rings. The first-order valence-corrected chi connectivity index (χ1v) is 7.58. The number of hydrogen-bond acceptors (Lipinski definition) is 6. The van der Waals surface area contributed by atoms with Gasteiger partial charge in [0.2, 0.25) is 5.75 Å². The number of carbonyl (C=O) groups is 1. The molecule has 0 saturated heterocycles. The molecule has 1 aliphatic heterocycles. The minimum atomic E-state index is -0.144. The Morgan fingerprint density at radius 1 is 1.04 bits per heavy atom. The van der Waals surface area contributed by atoms with Gasteiger partial charge in [-0.1, -0.05) is 0 Å². The van der Waals surface area contributed by atoms with Gasteiger partial charge in [-0.15, -0.1) is 0 Å². The fourth-order valence-corrected chi connectivity index (χ4v) is 2.71. The maximum absolute atomic E-state index is 12.6. The Balaban J connectivity index is 2.01. The van der Waals surface area contributed by atoms with Crippen LogP contribution in [0.2, 0.25) is 0 Å². The summed E-state index contributed by atoms with van der Waals surface area (Å²) in [4.78, 5) is 12.6. The van der Waals surface area contributed by atoms with Gasteiger partial charge < -0.3 is 24.1 Å². The second-order valence-electron chi connectivity index (χ2n) is 5.43. The Bertz CT molecular complexity index is 828. The summed E-state index contributed by atoms with van der Waals surface area (Å²) in [5, 5.41) is 9.49. The average molecular weight is 342 g/mol. The number of Topliss-reactive ketones (excluding diaryl/α,β-unsaturated/α-hetero) is 1. The lowest BCUT2D eigenvalue weighted by Gasteiger charge is -2.19. The number of ether oxygens (including phenoxy) is 4. The Morgan fingerprint density at radius 3 is 2.32 bits per heavy atom. The van der Waals surface area contributed by atoms with Gasteiger partial charge in [-0.2, -0.15) is 0 Å². The quantitative estimate of drug-likeness (QED) is 0.861. The summed E-state index contributed by atoms with van der Waals surface area (Å²) in [6.45, 7) is 0.117. The van der Waals surface area contributed by atoms with E-state index in [0.29, 0.717) is 34.1 Å². The van der Waals surface area contributed by atoms with Crippen molar-refractivity contribution in [3.63, 3.8) is 0 Å². The zero-order valence-electron chi connectivity index (χ0n) is 14.2. The SMILES string of the molecule is COc1cc(C=C2COc3cc(O)ccc3C2=O)cc(OC)c1OC. The molecule has 2 aromatic rings. The molecule has 6 nitrogen and oxygen atoms in total. The second-order valence-corrected chi connectivity index (χ2v) is 5.43. The molecule has 0 unspecified atom stereocenters. The fraction of sp³-hybridized carbons (Fsp3) is 0.211. The van der Waals surface area contributed by atoms with E-state index in [1.54, 1.807) is 24.3 Å². The number of ketones is 1. The maximum Gasteiger partial charge on any atom is 0.203 e. The molecule has 3 rings (SSSR count). The van der Waals surface area contributed by atoms with E-state index in [1.165, 1.54) is 33.5 Å². The first-order chi connectivity index (χ1) is 12.1. The molecule has 1 N–H and O–H groups in total. The van der Waals surface area contributed by atoms with Crippen LogP contribution in [-0.4, -0.2) is 38.8 Å². The Morgan fingerprint density at radius 2 is 1.72 bits per heavy atom. The molecule has 0 aromatic heterocycles. The zero-order valence-corrected chi connectivity index (χ0v) is 14.2. The van der Waals surface area contributed by atoms with Crippen molar-refractivity contribution in [2.75, 3.05) is 27.9 Å². The van der Waals surface area contributed by atoms with Crippen LogP contribution in [0.4, 0.5) is 0 Å². The number of carbonyl (C=O) groups excluding carboxylic acids is 1. The maximum atomic E-state index is 12.6. The third-order valence-electron chi connectivity index (χ3n) is 3.91. The minimum Gasteiger partial charge on any atom is -0.508 e. The van der Waals surface area contributed by atoms with Crippen LogP contribution in [0.1, 0.15) is 15.9 Å². The lowest BCUT2D eigenvalue weighted by molar-refractivity contribution is 0.100. The Labute approximate surface area is 145 Å². The van der Waals surface area contributed by atoms with E-state index < -0.39 is 0 Å². The monoisotopic (exact) mass is 342 g/mol. The van der Waals surface area contributed by atoms with Crippen LogP contribution in [0.5, 0.6) is 28.7 Å². The number of hydrogen-bond donors (Lipinski definition) is 1. The molecular weight excluding hydrogens is 324 g/mol. The molecule has 2 aromatic carbocycles. The van der Waals surface area contributed by atoms with E-state index in [2.05, 4.69) is 0 Å². The van der Waals surface area contributed by atoms with Gasteiger partial charge >= 0.3 is 0 Å². The smallest absolute Gasteiger partial charge is 0.203 e. The minimum absolute atomic E-state index is 0.0589. The average Bonchev–Trinajstić information content (AvgIpc) is 2.63. The Kier molecular flexibility index (Phi) is 4.52. The van der Waals surface area contributed by atoms with E-state index in [-0.39, 0.29) is 18.1 Å². The highest BCUT2D eigenvalue weighted by Gasteiger charge is 2.24. The van der Waals surface area contributed by atoms with E-state index in [4.69, 9.17) is 18.9 Å². The molecule has 1 heterocycles. The van der Waals surface area contributed by atoms with Crippen LogP contribution < -0.4 is 18.9 Å². The van der Waals surface area contributed by atoms with Crippen molar-refractivity contribution in [3.8, 4) is 28.7 Å². The van der Waals surface area contributed by atoms with E-state index >= 15 is 0 Å². The molecule has 0 bridgehead atoms. The molecule has 25 heavy (non-hydrogen) atoms. The van der Waals surface area contributed by atoms with Crippen LogP contribution in [0.15, 0.2) is 35.9 Å². The lowest BCUT2D eigenvalue weighted by Crippen LogP contribution is -2.18. The molecule has 0 spiro atoms. The van der Waals surface area contributed by atoms with Crippen LogP contribution >= 0.6 is 0 Å². The van der Waals surface area contributed by atoms with Crippen molar-refractivity contribution >= 4 is 11.9 Å². The van der Waals surface area contributed by atoms with Gasteiger partial charge in [0.15, 0.2) is 17.3 Å². The van der Waals surface area contributed by atoms with Crippen molar-refractivity contribution in [1.82, 2.24) is 0 Å². The predicted molar refractivity (Wildman–Crippen MR) is 92.0 cm³/mol. The predicted octanol–water partition coefficient (Wildman–Crippen LogP) is 3.08. The van der Waals surface area contributed by atoms with Crippen LogP contribution in [-0.2, 0) is 0 Å². The molecular formula is C19H18O6. The van der Waals surface area contributed by atoms with Crippen LogP contribution in [0, 0.1) is 0 Å². The number of phenolic OH excluding ortho intramolecular Hbond substituents is 1. The van der Waals surface area contributed by atoms with Gasteiger partial charge in [0, 0.05) is 11.6 Å². The summed E-state index contributed by atoms with van der Waals surface area (Å²) in [5.74, 6) is 1.79. The summed E-state index contributed by atoms with van der Waals surface area (Å²) in [6.07, 6.45) is 1.72. The van der Waals surface area contributed by atoms with Crippen LogP contribution in [0.3, 0.4) is 0 Å². The summed E-state index contributed by atoms with van der Waals surface area (Å²) in [6, 6.07) is 7.96. The molecule has 6 heteroatoms. The summed E-state index contributed by atoms with van der Waals surface area (Å²) >= 11 is 0. The number of phenols is 1. The summed E-state index contributed by atoms with van der Waals surface area (Å²) < 4.78 is 21.5. The molecule has 0 aliphatic carbocycles. The van der Waals surface area contributed by atoms with Gasteiger partial charge in [-0.25, -0.2) is 0 Å². The van der Waals surface area contributed by atoms with Gasteiger partial charge in [-0.05, 0) is 35.9 Å². The molecule has 130 valence electrons. The lowest BCUT2D eigenvalue weighted by atomic mass is 9.98. The normalized spacial score (nSPS) is 14.7. The van der Waals surface area contributed by atoms with Gasteiger partial charge in [0.25, 0.3) is 0 Å². The van der Waals surface area contributed by atoms with Crippen molar-refractivity contribution in [3.05, 3.63) is 47.0 Å². The third kappa shape index (κ3) is 3.10. The van der Waals surface area contributed by atoms with E-state index in [0.717, 1.165) is 5.56 Å². The number of fused-ring (bicyclic) bond motifs is 1. The molecule has 0 amide bonds. The molecule has 0 atom stereocenters.